The summed E-state index contributed by atoms with van der Waals surface area (Å²) in [5, 5.41) is 0.751. The molecule has 0 saturated carbocycles. The van der Waals surface area contributed by atoms with Crippen molar-refractivity contribution in [2.75, 3.05) is 19.9 Å². The van der Waals surface area contributed by atoms with Crippen LogP contribution in [0.15, 0.2) is 47.9 Å². The molecule has 2 aromatic rings. The highest BCUT2D eigenvalue weighted by molar-refractivity contribution is 7.99. The molecule has 1 aromatic heterocycles. The van der Waals surface area contributed by atoms with Crippen LogP contribution in [0.1, 0.15) is 11.6 Å². The van der Waals surface area contributed by atoms with Crippen LogP contribution in [0.25, 0.3) is 0 Å². The van der Waals surface area contributed by atoms with Gasteiger partial charge in [-0.15, -0.1) is 0 Å². The zero-order valence-corrected chi connectivity index (χ0v) is 14.1. The van der Waals surface area contributed by atoms with Crippen LogP contribution in [-0.4, -0.2) is 46.2 Å². The van der Waals surface area contributed by atoms with E-state index in [1.165, 1.54) is 23.8 Å². The van der Waals surface area contributed by atoms with Crippen molar-refractivity contribution in [3.8, 4) is 0 Å². The van der Waals surface area contributed by atoms with Crippen LogP contribution in [0.3, 0.4) is 0 Å². The Balaban J connectivity index is 2.10. The zero-order chi connectivity index (χ0) is 16.8. The van der Waals surface area contributed by atoms with E-state index in [2.05, 4.69) is 4.98 Å². The van der Waals surface area contributed by atoms with Gasteiger partial charge in [-0.05, 0) is 5.56 Å². The third-order valence-corrected chi connectivity index (χ3v) is 4.47. The third kappa shape index (κ3) is 4.13. The van der Waals surface area contributed by atoms with E-state index < -0.39 is 12.0 Å². The van der Waals surface area contributed by atoms with Gasteiger partial charge in [0.2, 0.25) is 5.91 Å². The quantitative estimate of drug-likeness (QED) is 0.597. The summed E-state index contributed by atoms with van der Waals surface area (Å²) in [4.78, 5) is 30.1. The summed E-state index contributed by atoms with van der Waals surface area (Å²) in [7, 11) is 4.79. The molecule has 0 fully saturated rings. The van der Waals surface area contributed by atoms with E-state index in [1.807, 2.05) is 36.0 Å². The van der Waals surface area contributed by atoms with Crippen LogP contribution in [0.2, 0.25) is 0 Å². The maximum absolute atomic E-state index is 12.4. The SMILES string of the molecule is COC(=O)[C@H](c1ccccc1)N(C)C(=O)CSc1nccn1C. The number of hydrogen-bond acceptors (Lipinski definition) is 5. The molecule has 6 nitrogen and oxygen atoms in total. The summed E-state index contributed by atoms with van der Waals surface area (Å²) in [5.41, 5.74) is 0.720. The molecule has 0 aliphatic rings. The summed E-state index contributed by atoms with van der Waals surface area (Å²) in [6.45, 7) is 0. The molecule has 1 heterocycles. The normalized spacial score (nSPS) is 11.8. The first-order valence-electron chi connectivity index (χ1n) is 7.03. The first kappa shape index (κ1) is 17.1. The van der Waals surface area contributed by atoms with Crippen LogP contribution in [0, 0.1) is 0 Å². The standard InChI is InChI=1S/C16H19N3O3S/c1-18-10-9-17-16(18)23-11-13(20)19(2)14(15(21)22-3)12-7-5-4-6-8-12/h4-10,14H,11H2,1-3H3/t14-/m0/s1. The van der Waals surface area contributed by atoms with E-state index >= 15 is 0 Å². The first-order chi connectivity index (χ1) is 11.0. The van der Waals surface area contributed by atoms with Gasteiger partial charge in [0.15, 0.2) is 11.2 Å². The molecule has 1 aromatic carbocycles. The minimum atomic E-state index is -0.754. The fraction of sp³-hybridized carbons (Fsp3) is 0.312. The number of carbonyl (C=O) groups excluding carboxylic acids is 2. The van der Waals surface area contributed by atoms with E-state index in [-0.39, 0.29) is 11.7 Å². The fourth-order valence-electron chi connectivity index (χ4n) is 2.13. The van der Waals surface area contributed by atoms with Crippen LogP contribution in [0.5, 0.6) is 0 Å². The number of amides is 1. The number of methoxy groups -OCH3 is 1. The Hall–Kier alpha value is -2.28. The van der Waals surface area contributed by atoms with Gasteiger partial charge in [0.1, 0.15) is 0 Å². The Labute approximate surface area is 139 Å². The maximum Gasteiger partial charge on any atom is 0.333 e. The minimum Gasteiger partial charge on any atom is -0.467 e. The number of esters is 1. The molecule has 0 unspecified atom stereocenters. The van der Waals surface area contributed by atoms with Crippen molar-refractivity contribution in [1.29, 1.82) is 0 Å². The Kier molecular flexibility index (Phi) is 5.81. The number of aryl methyl sites for hydroxylation is 1. The number of thioether (sulfide) groups is 1. The van der Waals surface area contributed by atoms with Gasteiger partial charge in [-0.2, -0.15) is 0 Å². The van der Waals surface area contributed by atoms with Gasteiger partial charge in [-0.3, -0.25) is 4.79 Å². The average molecular weight is 333 g/mol. The second kappa shape index (κ2) is 7.82. The second-order valence-electron chi connectivity index (χ2n) is 4.95. The smallest absolute Gasteiger partial charge is 0.333 e. The highest BCUT2D eigenvalue weighted by Crippen LogP contribution is 2.23. The summed E-state index contributed by atoms with van der Waals surface area (Å²) in [6, 6.07) is 8.36. The number of benzene rings is 1. The lowest BCUT2D eigenvalue weighted by atomic mass is 10.1. The van der Waals surface area contributed by atoms with Crippen molar-refractivity contribution in [2.24, 2.45) is 7.05 Å². The Bertz CT molecular complexity index is 672. The monoisotopic (exact) mass is 333 g/mol. The molecule has 1 amide bonds. The molecule has 0 bridgehead atoms. The number of ether oxygens (including phenoxy) is 1. The fourth-order valence-corrected chi connectivity index (χ4v) is 2.98. The molecule has 0 radical (unpaired) electrons. The molecule has 23 heavy (non-hydrogen) atoms. The Morgan fingerprint density at radius 3 is 2.61 bits per heavy atom. The van der Waals surface area contributed by atoms with Crippen molar-refractivity contribution in [3.05, 3.63) is 48.3 Å². The molecular weight excluding hydrogens is 314 g/mol. The zero-order valence-electron chi connectivity index (χ0n) is 13.3. The molecule has 1 atom stereocenters. The largest absolute Gasteiger partial charge is 0.467 e. The molecule has 2 rings (SSSR count). The average Bonchev–Trinajstić information content (AvgIpc) is 2.98. The lowest BCUT2D eigenvalue weighted by molar-refractivity contribution is -0.151. The van der Waals surface area contributed by atoms with Gasteiger partial charge < -0.3 is 14.2 Å². The lowest BCUT2D eigenvalue weighted by Crippen LogP contribution is -2.37. The summed E-state index contributed by atoms with van der Waals surface area (Å²) < 4.78 is 6.69. The van der Waals surface area contributed by atoms with Gasteiger partial charge >= 0.3 is 5.97 Å². The summed E-state index contributed by atoms with van der Waals surface area (Å²) in [6.07, 6.45) is 3.50. The van der Waals surface area contributed by atoms with Crippen molar-refractivity contribution < 1.29 is 14.3 Å². The summed E-state index contributed by atoms with van der Waals surface area (Å²) >= 11 is 1.33. The number of rotatable bonds is 6. The molecule has 0 spiro atoms. The van der Waals surface area contributed by atoms with Crippen LogP contribution >= 0.6 is 11.8 Å². The van der Waals surface area contributed by atoms with Gasteiger partial charge in [-0.25, -0.2) is 9.78 Å². The molecule has 0 aliphatic carbocycles. The Morgan fingerprint density at radius 2 is 2.04 bits per heavy atom. The predicted octanol–water partition coefficient (Wildman–Crippen LogP) is 1.88. The summed E-state index contributed by atoms with van der Waals surface area (Å²) in [5.74, 6) is -0.437. The number of likely N-dealkylation sites (N-methyl/N-ethyl adjacent to an activating group) is 1. The molecule has 7 heteroatoms. The number of hydrogen-bond donors (Lipinski definition) is 0. The predicted molar refractivity (Wildman–Crippen MR) is 87.9 cm³/mol. The van der Waals surface area contributed by atoms with Gasteiger partial charge in [0.05, 0.1) is 12.9 Å². The molecule has 0 N–H and O–H groups in total. The van der Waals surface area contributed by atoms with E-state index in [9.17, 15) is 9.59 Å². The Morgan fingerprint density at radius 1 is 1.35 bits per heavy atom. The molecule has 0 saturated heterocycles. The third-order valence-electron chi connectivity index (χ3n) is 3.42. The number of imidazole rings is 1. The van der Waals surface area contributed by atoms with Crippen molar-refractivity contribution in [2.45, 2.75) is 11.2 Å². The van der Waals surface area contributed by atoms with E-state index in [0.717, 1.165) is 10.7 Å². The minimum absolute atomic E-state index is 0.169. The van der Waals surface area contributed by atoms with Crippen molar-refractivity contribution >= 4 is 23.6 Å². The van der Waals surface area contributed by atoms with Gasteiger partial charge in [-0.1, -0.05) is 42.1 Å². The highest BCUT2D eigenvalue weighted by atomic mass is 32.2. The molecule has 0 aliphatic heterocycles. The van der Waals surface area contributed by atoms with Crippen molar-refractivity contribution in [1.82, 2.24) is 14.5 Å². The number of nitrogens with zero attached hydrogens (tertiary/aromatic N) is 3. The van der Waals surface area contributed by atoms with E-state index in [1.54, 1.807) is 25.4 Å². The van der Waals surface area contributed by atoms with Crippen LogP contribution < -0.4 is 0 Å². The first-order valence-corrected chi connectivity index (χ1v) is 8.01. The van der Waals surface area contributed by atoms with Gasteiger partial charge in [0, 0.05) is 26.5 Å². The molecule has 122 valence electrons. The van der Waals surface area contributed by atoms with Gasteiger partial charge in [0.25, 0.3) is 0 Å². The van der Waals surface area contributed by atoms with E-state index in [0.29, 0.717) is 0 Å². The maximum atomic E-state index is 12.4. The van der Waals surface area contributed by atoms with Crippen molar-refractivity contribution in [3.63, 3.8) is 0 Å². The lowest BCUT2D eigenvalue weighted by Gasteiger charge is -2.26. The number of aromatic nitrogens is 2. The van der Waals surface area contributed by atoms with Crippen LogP contribution in [-0.2, 0) is 21.4 Å². The highest BCUT2D eigenvalue weighted by Gasteiger charge is 2.29. The van der Waals surface area contributed by atoms with Crippen LogP contribution in [0.4, 0.5) is 0 Å². The number of carbonyl (C=O) groups is 2. The second-order valence-corrected chi connectivity index (χ2v) is 5.89. The molecular formula is C16H19N3O3S. The van der Waals surface area contributed by atoms with E-state index in [4.69, 9.17) is 4.74 Å². The topological polar surface area (TPSA) is 64.4 Å².